The highest BCUT2D eigenvalue weighted by Crippen LogP contribution is 2.56. The first-order valence-corrected chi connectivity index (χ1v) is 9.09. The van der Waals surface area contributed by atoms with Crippen LogP contribution in [0.1, 0.15) is 0 Å². The highest BCUT2D eigenvalue weighted by molar-refractivity contribution is 7.98. The number of hydrogen-bond donors (Lipinski definition) is 0. The maximum Gasteiger partial charge on any atom is 0.135 e. The maximum atomic E-state index is 11.5. The number of benzene rings is 3. The molecule has 0 N–H and O–H groups in total. The van der Waals surface area contributed by atoms with Crippen molar-refractivity contribution in [3.63, 3.8) is 0 Å². The van der Waals surface area contributed by atoms with Crippen molar-refractivity contribution in [2.45, 2.75) is 0 Å². The first kappa shape index (κ1) is 14.6. The lowest BCUT2D eigenvalue weighted by molar-refractivity contribution is -0.274. The summed E-state index contributed by atoms with van der Waals surface area (Å²) in [5.41, 5.74) is 0. The Morgan fingerprint density at radius 2 is 0.864 bits per heavy atom. The molecule has 0 aliphatic carbocycles. The minimum absolute atomic E-state index is 0.945. The van der Waals surface area contributed by atoms with Crippen LogP contribution in [0.2, 0.25) is 0 Å². The van der Waals surface area contributed by atoms with E-state index in [9.17, 15) is 5.11 Å². The molecule has 3 aromatic rings. The first-order valence-electron chi connectivity index (χ1n) is 7.23. The Hall–Kier alpha value is -2.37. The van der Waals surface area contributed by atoms with Gasteiger partial charge in [-0.15, -0.1) is 6.26 Å². The van der Waals surface area contributed by atoms with Crippen molar-refractivity contribution in [1.29, 1.82) is 0 Å². The van der Waals surface area contributed by atoms with Crippen molar-refractivity contribution >= 4 is 23.2 Å². The van der Waals surface area contributed by atoms with Crippen molar-refractivity contribution in [2.24, 2.45) is 0 Å². The van der Waals surface area contributed by atoms with Crippen molar-refractivity contribution in [3.05, 3.63) is 103 Å². The molecule has 0 saturated heterocycles. The van der Waals surface area contributed by atoms with Crippen LogP contribution < -0.4 is 21.0 Å². The molecule has 3 aromatic carbocycles. The molecular formula is C20H17OP. The van der Waals surface area contributed by atoms with Gasteiger partial charge >= 0.3 is 0 Å². The van der Waals surface area contributed by atoms with Crippen LogP contribution >= 0.6 is 7.26 Å². The molecule has 0 unspecified atom stereocenters. The van der Waals surface area contributed by atoms with Gasteiger partial charge in [0, 0.05) is 0 Å². The van der Waals surface area contributed by atoms with Crippen LogP contribution in [0.4, 0.5) is 0 Å². The molecule has 108 valence electrons. The summed E-state index contributed by atoms with van der Waals surface area (Å²) in [5.74, 6) is 1.85. The first-order chi connectivity index (χ1) is 10.9. The van der Waals surface area contributed by atoms with Gasteiger partial charge in [0.1, 0.15) is 23.2 Å². The lowest BCUT2D eigenvalue weighted by Crippen LogP contribution is -2.29. The highest BCUT2D eigenvalue weighted by Gasteiger charge is 2.42. The fourth-order valence-corrected chi connectivity index (χ4v) is 6.31. The van der Waals surface area contributed by atoms with Gasteiger partial charge in [-0.1, -0.05) is 54.6 Å². The van der Waals surface area contributed by atoms with Gasteiger partial charge in [0.2, 0.25) is 0 Å². The third kappa shape index (κ3) is 2.56. The third-order valence-corrected chi connectivity index (χ3v) is 7.68. The van der Waals surface area contributed by atoms with E-state index in [0.717, 1.165) is 6.26 Å². The smallest absolute Gasteiger partial charge is 0.135 e. The zero-order valence-corrected chi connectivity index (χ0v) is 13.1. The summed E-state index contributed by atoms with van der Waals surface area (Å²) in [6.45, 7) is 0. The van der Waals surface area contributed by atoms with E-state index >= 15 is 0 Å². The summed E-state index contributed by atoms with van der Waals surface area (Å²) in [6.07, 6.45) is 0.945. The summed E-state index contributed by atoms with van der Waals surface area (Å²) in [5, 5.41) is 15.1. The Bertz CT molecular complexity index is 640. The molecule has 3 rings (SSSR count). The Morgan fingerprint density at radius 3 is 1.14 bits per heavy atom. The van der Waals surface area contributed by atoms with Gasteiger partial charge in [-0.05, 0) is 36.4 Å². The quantitative estimate of drug-likeness (QED) is 0.537. The van der Waals surface area contributed by atoms with Gasteiger partial charge in [0.25, 0.3) is 0 Å². The van der Waals surface area contributed by atoms with Crippen molar-refractivity contribution in [1.82, 2.24) is 0 Å². The third-order valence-electron chi connectivity index (χ3n) is 3.77. The molecule has 0 aliphatic rings. The standard InChI is InChI=1S/C20H17OP/c21-16-17-22(18-10-4-1-5-11-18,19-12-6-2-7-13-19)20-14-8-3-9-15-20/h1-17H/b17-16-. The monoisotopic (exact) mass is 304 g/mol. The van der Waals surface area contributed by atoms with Gasteiger partial charge in [-0.3, -0.25) is 0 Å². The molecule has 2 heteroatoms. The number of rotatable bonds is 4. The fraction of sp³-hybridized carbons (Fsp3) is 0. The molecule has 0 aliphatic heterocycles. The largest absolute Gasteiger partial charge is 0.876 e. The number of hydrogen-bond acceptors (Lipinski definition) is 1. The van der Waals surface area contributed by atoms with E-state index in [1.54, 1.807) is 0 Å². The van der Waals surface area contributed by atoms with Gasteiger partial charge in [-0.2, -0.15) is 0 Å². The van der Waals surface area contributed by atoms with Crippen molar-refractivity contribution in [2.75, 3.05) is 0 Å². The van der Waals surface area contributed by atoms with Crippen LogP contribution in [0.25, 0.3) is 0 Å². The summed E-state index contributed by atoms with van der Waals surface area (Å²) >= 11 is 0. The highest BCUT2D eigenvalue weighted by atomic mass is 31.2. The van der Waals surface area contributed by atoms with E-state index in [4.69, 9.17) is 0 Å². The van der Waals surface area contributed by atoms with E-state index < -0.39 is 7.26 Å². The summed E-state index contributed by atoms with van der Waals surface area (Å²) in [4.78, 5) is 0. The average molecular weight is 304 g/mol. The predicted molar refractivity (Wildman–Crippen MR) is 94.3 cm³/mol. The molecule has 0 bridgehead atoms. The second kappa shape index (κ2) is 6.60. The van der Waals surface area contributed by atoms with Crippen LogP contribution in [0, 0.1) is 0 Å². The van der Waals surface area contributed by atoms with Crippen molar-refractivity contribution in [3.8, 4) is 0 Å². The predicted octanol–water partition coefficient (Wildman–Crippen LogP) is 2.81. The molecule has 0 heterocycles. The molecule has 0 amide bonds. The van der Waals surface area contributed by atoms with E-state index in [-0.39, 0.29) is 0 Å². The molecule has 0 aromatic heterocycles. The Kier molecular flexibility index (Phi) is 4.37. The minimum atomic E-state index is -2.05. The molecule has 1 nitrogen and oxygen atoms in total. The van der Waals surface area contributed by atoms with E-state index in [2.05, 4.69) is 36.4 Å². The van der Waals surface area contributed by atoms with E-state index in [1.165, 1.54) is 15.9 Å². The van der Waals surface area contributed by atoms with Gasteiger partial charge in [0.15, 0.2) is 0 Å². The van der Waals surface area contributed by atoms with Crippen LogP contribution in [0.3, 0.4) is 0 Å². The minimum Gasteiger partial charge on any atom is -0.876 e. The summed E-state index contributed by atoms with van der Waals surface area (Å²) in [6, 6.07) is 31.0. The topological polar surface area (TPSA) is 23.1 Å². The molecular weight excluding hydrogens is 287 g/mol. The Balaban J connectivity index is 2.34. The second-order valence-corrected chi connectivity index (χ2v) is 8.31. The lowest BCUT2D eigenvalue weighted by Gasteiger charge is -2.24. The SMILES string of the molecule is [O-]/C=C\[P+](c1ccccc1)(c1ccccc1)c1ccccc1. The van der Waals surface area contributed by atoms with Crippen LogP contribution in [-0.4, -0.2) is 0 Å². The molecule has 0 spiro atoms. The van der Waals surface area contributed by atoms with E-state index in [0.29, 0.717) is 0 Å². The van der Waals surface area contributed by atoms with Crippen molar-refractivity contribution < 1.29 is 5.11 Å². The Morgan fingerprint density at radius 1 is 0.545 bits per heavy atom. The zero-order valence-electron chi connectivity index (χ0n) is 12.2. The normalized spacial score (nSPS) is 11.6. The lowest BCUT2D eigenvalue weighted by atomic mass is 10.4. The summed E-state index contributed by atoms with van der Waals surface area (Å²) in [7, 11) is -2.05. The second-order valence-electron chi connectivity index (χ2n) is 5.01. The van der Waals surface area contributed by atoms with Crippen LogP contribution in [0.15, 0.2) is 103 Å². The van der Waals surface area contributed by atoms with Gasteiger partial charge in [-0.25, -0.2) is 0 Å². The maximum absolute atomic E-state index is 11.5. The molecule has 0 radical (unpaired) electrons. The fourth-order valence-electron chi connectivity index (χ4n) is 2.79. The van der Waals surface area contributed by atoms with Crippen LogP contribution in [0.5, 0.6) is 0 Å². The Labute approximate surface area is 131 Å². The molecule has 0 fully saturated rings. The molecule has 22 heavy (non-hydrogen) atoms. The van der Waals surface area contributed by atoms with Crippen LogP contribution in [-0.2, 0) is 0 Å². The van der Waals surface area contributed by atoms with Gasteiger partial charge < -0.3 is 5.11 Å². The average Bonchev–Trinajstić information content (AvgIpc) is 2.62. The zero-order chi connectivity index (χ0) is 15.3. The molecule has 0 atom stereocenters. The van der Waals surface area contributed by atoms with E-state index in [1.807, 2.05) is 60.4 Å². The van der Waals surface area contributed by atoms with Gasteiger partial charge in [0.05, 0.1) is 5.82 Å². The molecule has 0 saturated carbocycles. The summed E-state index contributed by atoms with van der Waals surface area (Å²) < 4.78 is 0.